The third-order valence-corrected chi connectivity index (χ3v) is 31.7. The normalized spacial score (nSPS) is 13.3. The third-order valence-electron chi connectivity index (χ3n) is 31.7. The highest BCUT2D eigenvalue weighted by Gasteiger charge is 2.44. The van der Waals surface area contributed by atoms with Gasteiger partial charge in [0.25, 0.3) is 0 Å². The fourth-order valence-electron chi connectivity index (χ4n) is 24.7. The van der Waals surface area contributed by atoms with E-state index in [2.05, 4.69) is 486 Å². The van der Waals surface area contributed by atoms with Crippen LogP contribution < -0.4 is 0 Å². The molecule has 0 saturated heterocycles. The van der Waals surface area contributed by atoms with Crippen molar-refractivity contribution < 1.29 is 0 Å². The van der Waals surface area contributed by atoms with Crippen LogP contribution in [0.4, 0.5) is 0 Å². The maximum absolute atomic E-state index is 5.64. The SMILES string of the molecule is CC1(C)c2ccccc2-c2ccc3c4ccccc4n(-c4cccc(-c5nc(-c6ccc(-c7ccccc7)cc6)nc(-c6cccc(-c7cc8c9ccccc9n(-c9cccc(-c%10nc(-c%11ccccc%11)nc(-c%11cccc(-c%12cc%13c%14ccccc%14n(-c%14ccc(-c%15nc(-c%16ccccc%16)nc(-c%16ccc(-c%17ccccc%17)cc%16)n%15)cc%14)c%13c%13c%12-c%12ccccc%12C%13(C)C)c%11)n%10)c9)c8c8c7-c7ccccc7C8(C)C)c6)n5)c4)c3c21. The van der Waals surface area contributed by atoms with Gasteiger partial charge in [-0.2, -0.15) is 0 Å². The molecule has 3 aliphatic rings. The fraction of sp³-hybridized carbons (Fsp3) is 0.0652. The summed E-state index contributed by atoms with van der Waals surface area (Å²) in [5.41, 5.74) is 40.4. The fourth-order valence-corrected chi connectivity index (χ4v) is 24.7. The van der Waals surface area contributed by atoms with Crippen LogP contribution in [-0.4, -0.2) is 58.6 Å². The second-order valence-corrected chi connectivity index (χ2v) is 41.4. The summed E-state index contributed by atoms with van der Waals surface area (Å²) in [5, 5.41) is 6.99. The zero-order chi connectivity index (χ0) is 99.9. The lowest BCUT2D eigenvalue weighted by Gasteiger charge is -2.24. The average molecular weight is 1920 g/mol. The monoisotopic (exact) mass is 1920 g/mol. The Morgan fingerprint density at radius 2 is 0.413 bits per heavy atom. The van der Waals surface area contributed by atoms with E-state index in [0.717, 1.165) is 161 Å². The van der Waals surface area contributed by atoms with Gasteiger partial charge in [-0.05, 0) is 202 Å². The van der Waals surface area contributed by atoms with Crippen LogP contribution in [0.1, 0.15) is 74.9 Å². The van der Waals surface area contributed by atoms with Crippen LogP contribution in [0.5, 0.6) is 0 Å². The minimum Gasteiger partial charge on any atom is -0.309 e. The van der Waals surface area contributed by atoms with Gasteiger partial charge in [-0.15, -0.1) is 0 Å². The van der Waals surface area contributed by atoms with Crippen molar-refractivity contribution in [2.45, 2.75) is 57.8 Å². The van der Waals surface area contributed by atoms with E-state index in [4.69, 9.17) is 44.9 Å². The minimum absolute atomic E-state index is 0.267. The van der Waals surface area contributed by atoms with E-state index in [0.29, 0.717) is 52.4 Å². The summed E-state index contributed by atoms with van der Waals surface area (Å²) >= 11 is 0. The molecule has 0 unspecified atom stereocenters. The molecule has 0 aliphatic heterocycles. The topological polar surface area (TPSA) is 131 Å². The predicted molar refractivity (Wildman–Crippen MR) is 613 cm³/mol. The Labute approximate surface area is 867 Å². The van der Waals surface area contributed by atoms with Gasteiger partial charge in [0.1, 0.15) is 0 Å². The molecule has 0 saturated carbocycles. The molecule has 0 fully saturated rings. The Hall–Kier alpha value is -19.2. The number of para-hydroxylation sites is 3. The molecule has 20 aromatic carbocycles. The van der Waals surface area contributed by atoms with Crippen LogP contribution in [0.25, 0.3) is 263 Å². The van der Waals surface area contributed by atoms with Crippen molar-refractivity contribution in [2.24, 2.45) is 0 Å². The zero-order valence-corrected chi connectivity index (χ0v) is 83.2. The molecule has 0 bridgehead atoms. The molecule has 0 amide bonds. The van der Waals surface area contributed by atoms with E-state index in [1.807, 2.05) is 30.3 Å². The Kier molecular flexibility index (Phi) is 19.8. The Bertz CT molecular complexity index is 10100. The van der Waals surface area contributed by atoms with Gasteiger partial charge in [-0.25, -0.2) is 44.9 Å². The summed E-state index contributed by atoms with van der Waals surface area (Å²) in [6, 6.07) is 166. The molecule has 0 N–H and O–H groups in total. The largest absolute Gasteiger partial charge is 0.309 e. The first-order chi connectivity index (χ1) is 73.6. The van der Waals surface area contributed by atoms with E-state index < -0.39 is 10.8 Å². The van der Waals surface area contributed by atoms with E-state index in [9.17, 15) is 0 Å². The molecule has 12 nitrogen and oxygen atoms in total. The molecule has 29 rings (SSSR count). The number of nitrogens with zero attached hydrogens (tertiary/aromatic N) is 12. The highest BCUT2D eigenvalue weighted by molar-refractivity contribution is 6.19. The summed E-state index contributed by atoms with van der Waals surface area (Å²) in [6.07, 6.45) is 0. The third kappa shape index (κ3) is 13.9. The molecule has 150 heavy (non-hydrogen) atoms. The quantitative estimate of drug-likeness (QED) is 0.0928. The van der Waals surface area contributed by atoms with Crippen molar-refractivity contribution in [1.29, 1.82) is 0 Å². The first kappa shape index (κ1) is 87.4. The van der Waals surface area contributed by atoms with Crippen LogP contribution in [0.2, 0.25) is 0 Å². The average Bonchev–Trinajstić information content (AvgIpc) is 1.53. The van der Waals surface area contributed by atoms with Crippen molar-refractivity contribution in [3.05, 3.63) is 494 Å². The molecule has 26 aromatic rings. The molecule has 0 atom stereocenters. The van der Waals surface area contributed by atoms with Gasteiger partial charge in [-0.1, -0.05) is 412 Å². The molecule has 12 heteroatoms. The minimum atomic E-state index is -0.484. The molecule has 6 aromatic heterocycles. The smallest absolute Gasteiger partial charge is 0.164 e. The summed E-state index contributed by atoms with van der Waals surface area (Å²) in [7, 11) is 0. The summed E-state index contributed by atoms with van der Waals surface area (Å²) in [6.45, 7) is 14.4. The molecular formula is C138H94N12. The molecule has 6 heterocycles. The second kappa shape index (κ2) is 34.0. The summed E-state index contributed by atoms with van der Waals surface area (Å²) in [5.74, 6) is 5.20. The highest BCUT2D eigenvalue weighted by Crippen LogP contribution is 2.61. The van der Waals surface area contributed by atoms with Crippen molar-refractivity contribution in [1.82, 2.24) is 58.6 Å². The van der Waals surface area contributed by atoms with Gasteiger partial charge in [0.05, 0.1) is 33.1 Å². The van der Waals surface area contributed by atoms with Crippen molar-refractivity contribution >= 4 is 65.4 Å². The second-order valence-electron chi connectivity index (χ2n) is 41.4. The van der Waals surface area contributed by atoms with Gasteiger partial charge < -0.3 is 13.7 Å². The van der Waals surface area contributed by atoms with Crippen molar-refractivity contribution in [3.8, 4) is 197 Å². The lowest BCUT2D eigenvalue weighted by atomic mass is 9.80. The Morgan fingerprint density at radius 1 is 0.153 bits per heavy atom. The number of benzene rings is 20. The number of rotatable bonds is 16. The standard InChI is InChI=1S/C138H94N12/c1-136(2)113-57-25-19-51-101(113)105-75-76-106-102-52-22-28-60-116(102)149(124(106)121(105)136)99-49-33-47-96(79-99)135-145-130(90-69-65-86(66-70-90)84-37-13-8-14-38-84)144-133(147-135)95-46-32-44-93(78-95)110-82-112-104-54-24-30-62-118(104)150(126(112)123-120(110)108-56-21-27-59-115(108)138(123,5)6)100-50-34-48-97(80-100)134-143-128(88-41-17-10-18-42-88)142-132(146-134)94-45-31-43-92(77-94)109-81-111-103-53-23-29-61-117(103)148(125(111)122-119(109)107-55-20-26-58-114(107)137(122,3)4)98-73-71-91(72-74-98)131-140-127(87-39-15-9-16-40-87)139-129(141-131)89-67-63-85(64-68-89)83-35-11-7-12-36-83/h7-82H,1-6H3. The zero-order valence-electron chi connectivity index (χ0n) is 83.2. The number of hydrogen-bond donors (Lipinski definition) is 0. The first-order valence-electron chi connectivity index (χ1n) is 51.5. The Balaban J connectivity index is 0.549. The van der Waals surface area contributed by atoms with Gasteiger partial charge >= 0.3 is 0 Å². The molecule has 0 radical (unpaired) electrons. The first-order valence-corrected chi connectivity index (χ1v) is 51.5. The van der Waals surface area contributed by atoms with E-state index in [1.54, 1.807) is 0 Å². The summed E-state index contributed by atoms with van der Waals surface area (Å²) < 4.78 is 7.46. The van der Waals surface area contributed by atoms with Gasteiger partial charge in [0.2, 0.25) is 0 Å². The van der Waals surface area contributed by atoms with Crippen LogP contribution in [0, 0.1) is 0 Å². The molecule has 706 valence electrons. The molecular weight excluding hydrogens is 1830 g/mol. The van der Waals surface area contributed by atoms with Gasteiger partial charge in [0.15, 0.2) is 52.4 Å². The van der Waals surface area contributed by atoms with Crippen LogP contribution in [-0.2, 0) is 16.2 Å². The molecule has 3 aliphatic carbocycles. The van der Waals surface area contributed by atoms with Crippen molar-refractivity contribution in [3.63, 3.8) is 0 Å². The Morgan fingerprint density at radius 3 is 0.807 bits per heavy atom. The van der Waals surface area contributed by atoms with Crippen LogP contribution in [0.3, 0.4) is 0 Å². The van der Waals surface area contributed by atoms with Crippen LogP contribution in [0.15, 0.2) is 461 Å². The predicted octanol–water partition coefficient (Wildman–Crippen LogP) is 34.1. The lowest BCUT2D eigenvalue weighted by Crippen LogP contribution is -2.16. The number of hydrogen-bond acceptors (Lipinski definition) is 9. The number of fused-ring (bicyclic) bond motifs is 21. The molecule has 0 spiro atoms. The van der Waals surface area contributed by atoms with Crippen molar-refractivity contribution in [2.75, 3.05) is 0 Å². The maximum Gasteiger partial charge on any atom is 0.164 e. The van der Waals surface area contributed by atoms with Crippen LogP contribution >= 0.6 is 0 Å². The van der Waals surface area contributed by atoms with Gasteiger partial charge in [-0.3, -0.25) is 0 Å². The summed E-state index contributed by atoms with van der Waals surface area (Å²) in [4.78, 5) is 48.8. The number of aromatic nitrogens is 12. The lowest BCUT2D eigenvalue weighted by molar-refractivity contribution is 0.663. The van der Waals surface area contributed by atoms with Gasteiger partial charge in [0, 0.05) is 116 Å². The van der Waals surface area contributed by atoms with E-state index in [-0.39, 0.29) is 5.41 Å². The highest BCUT2D eigenvalue weighted by atomic mass is 15.1. The maximum atomic E-state index is 5.64. The van der Waals surface area contributed by atoms with E-state index in [1.165, 1.54) is 83.1 Å². The van der Waals surface area contributed by atoms with E-state index >= 15 is 0 Å².